The van der Waals surface area contributed by atoms with Crippen LogP contribution in [0.2, 0.25) is 0 Å². The molecule has 1 fully saturated rings. The standard InChI is InChI=1S/C17H25NO3/c1-3-17(14-7-6-8-15(13-14)21-2)9-4-5-10-18(11-12-19)16(17)20/h6-8,13,19H,3-5,9-12H2,1-2H3. The molecule has 0 saturated carbocycles. The number of aliphatic hydroxyl groups excluding tert-OH is 1. The molecule has 0 spiro atoms. The molecule has 1 saturated heterocycles. The van der Waals surface area contributed by atoms with E-state index in [0.29, 0.717) is 6.54 Å². The molecule has 1 heterocycles. The molecule has 1 amide bonds. The predicted molar refractivity (Wildman–Crippen MR) is 82.5 cm³/mol. The zero-order valence-corrected chi connectivity index (χ0v) is 13.0. The minimum absolute atomic E-state index is 0.0175. The van der Waals surface area contributed by atoms with Crippen molar-refractivity contribution in [1.82, 2.24) is 4.90 Å². The van der Waals surface area contributed by atoms with Crippen LogP contribution in [0.15, 0.2) is 24.3 Å². The van der Waals surface area contributed by atoms with Gasteiger partial charge in [0.2, 0.25) is 5.91 Å². The number of benzene rings is 1. The minimum atomic E-state index is -0.486. The Morgan fingerprint density at radius 3 is 2.86 bits per heavy atom. The van der Waals surface area contributed by atoms with Gasteiger partial charge in [0, 0.05) is 13.1 Å². The van der Waals surface area contributed by atoms with E-state index in [4.69, 9.17) is 4.74 Å². The molecule has 1 aliphatic rings. The van der Waals surface area contributed by atoms with E-state index in [1.165, 1.54) is 0 Å². The van der Waals surface area contributed by atoms with Gasteiger partial charge >= 0.3 is 0 Å². The maximum atomic E-state index is 13.1. The van der Waals surface area contributed by atoms with Crippen molar-refractivity contribution in [2.24, 2.45) is 0 Å². The summed E-state index contributed by atoms with van der Waals surface area (Å²) < 4.78 is 5.31. The van der Waals surface area contributed by atoms with Gasteiger partial charge in [-0.3, -0.25) is 4.79 Å². The Kier molecular flexibility index (Phi) is 5.23. The molecule has 0 aromatic heterocycles. The summed E-state index contributed by atoms with van der Waals surface area (Å²) in [5.41, 5.74) is 0.541. The summed E-state index contributed by atoms with van der Waals surface area (Å²) in [5.74, 6) is 0.927. The summed E-state index contributed by atoms with van der Waals surface area (Å²) in [6, 6.07) is 7.84. The van der Waals surface area contributed by atoms with E-state index in [9.17, 15) is 9.90 Å². The monoisotopic (exact) mass is 291 g/mol. The number of hydrogen-bond donors (Lipinski definition) is 1. The number of hydrogen-bond acceptors (Lipinski definition) is 3. The van der Waals surface area contributed by atoms with Crippen LogP contribution < -0.4 is 4.74 Å². The molecule has 1 aliphatic heterocycles. The fourth-order valence-corrected chi connectivity index (χ4v) is 3.30. The highest BCUT2D eigenvalue weighted by molar-refractivity contribution is 5.88. The molecular formula is C17H25NO3. The first-order chi connectivity index (χ1) is 10.2. The maximum absolute atomic E-state index is 13.1. The second-order valence-corrected chi connectivity index (χ2v) is 5.64. The molecule has 0 aliphatic carbocycles. The number of carbonyl (C=O) groups is 1. The number of ether oxygens (including phenoxy) is 1. The van der Waals surface area contributed by atoms with Crippen LogP contribution in [0, 0.1) is 0 Å². The molecule has 21 heavy (non-hydrogen) atoms. The highest BCUT2D eigenvalue weighted by atomic mass is 16.5. The van der Waals surface area contributed by atoms with Crippen LogP contribution in [0.3, 0.4) is 0 Å². The van der Waals surface area contributed by atoms with E-state index in [0.717, 1.165) is 43.5 Å². The zero-order chi connectivity index (χ0) is 15.3. The molecular weight excluding hydrogens is 266 g/mol. The molecule has 1 aromatic rings. The molecule has 1 unspecified atom stereocenters. The molecule has 116 valence electrons. The van der Waals surface area contributed by atoms with Crippen molar-refractivity contribution in [1.29, 1.82) is 0 Å². The Labute approximate surface area is 126 Å². The van der Waals surface area contributed by atoms with Crippen molar-refractivity contribution in [3.05, 3.63) is 29.8 Å². The highest BCUT2D eigenvalue weighted by Crippen LogP contribution is 2.38. The zero-order valence-electron chi connectivity index (χ0n) is 13.0. The van der Waals surface area contributed by atoms with Gasteiger partial charge in [-0.05, 0) is 37.0 Å². The predicted octanol–water partition coefficient (Wildman–Crippen LogP) is 2.35. The average Bonchev–Trinajstić information content (AvgIpc) is 2.68. The Balaban J connectivity index is 2.43. The third-order valence-corrected chi connectivity index (χ3v) is 4.57. The van der Waals surface area contributed by atoms with Crippen LogP contribution in [0.5, 0.6) is 5.75 Å². The normalized spacial score (nSPS) is 23.0. The van der Waals surface area contributed by atoms with Crippen LogP contribution in [0.25, 0.3) is 0 Å². The van der Waals surface area contributed by atoms with Crippen molar-refractivity contribution in [3.8, 4) is 5.75 Å². The number of carbonyl (C=O) groups excluding carboxylic acids is 1. The lowest BCUT2D eigenvalue weighted by molar-refractivity contribution is -0.137. The molecule has 2 rings (SSSR count). The summed E-state index contributed by atoms with van der Waals surface area (Å²) in [6.07, 6.45) is 3.65. The second kappa shape index (κ2) is 6.94. The number of aliphatic hydroxyl groups is 1. The van der Waals surface area contributed by atoms with Crippen molar-refractivity contribution >= 4 is 5.91 Å². The lowest BCUT2D eigenvalue weighted by Crippen LogP contribution is -2.46. The molecule has 4 heteroatoms. The average molecular weight is 291 g/mol. The van der Waals surface area contributed by atoms with Gasteiger partial charge in [-0.15, -0.1) is 0 Å². The molecule has 1 aromatic carbocycles. The molecule has 1 atom stereocenters. The van der Waals surface area contributed by atoms with Crippen LogP contribution in [-0.2, 0) is 10.2 Å². The first-order valence-electron chi connectivity index (χ1n) is 7.72. The van der Waals surface area contributed by atoms with Gasteiger partial charge in [-0.1, -0.05) is 25.5 Å². The van der Waals surface area contributed by atoms with E-state index in [1.54, 1.807) is 7.11 Å². The van der Waals surface area contributed by atoms with Crippen LogP contribution >= 0.6 is 0 Å². The van der Waals surface area contributed by atoms with E-state index >= 15 is 0 Å². The molecule has 1 N–H and O–H groups in total. The number of β-amino-alcohol motifs (C(OH)–C–C–N with tert-alkyl or cyclic N) is 1. The molecule has 4 nitrogen and oxygen atoms in total. The summed E-state index contributed by atoms with van der Waals surface area (Å²) in [6.45, 7) is 3.25. The van der Waals surface area contributed by atoms with Crippen LogP contribution in [0.1, 0.15) is 38.2 Å². The van der Waals surface area contributed by atoms with E-state index in [-0.39, 0.29) is 12.5 Å². The van der Waals surface area contributed by atoms with E-state index in [2.05, 4.69) is 6.92 Å². The molecule has 0 radical (unpaired) electrons. The van der Waals surface area contributed by atoms with Gasteiger partial charge in [0.15, 0.2) is 0 Å². The maximum Gasteiger partial charge on any atom is 0.233 e. The topological polar surface area (TPSA) is 49.8 Å². The fraction of sp³-hybridized carbons (Fsp3) is 0.588. The van der Waals surface area contributed by atoms with Crippen LogP contribution in [0.4, 0.5) is 0 Å². The minimum Gasteiger partial charge on any atom is -0.497 e. The summed E-state index contributed by atoms with van der Waals surface area (Å²) in [5, 5.41) is 9.21. The van der Waals surface area contributed by atoms with E-state index < -0.39 is 5.41 Å². The van der Waals surface area contributed by atoms with Gasteiger partial charge in [0.05, 0.1) is 19.1 Å². The highest BCUT2D eigenvalue weighted by Gasteiger charge is 2.42. The van der Waals surface area contributed by atoms with Gasteiger partial charge < -0.3 is 14.7 Å². The molecule has 0 bridgehead atoms. The number of nitrogens with zero attached hydrogens (tertiary/aromatic N) is 1. The van der Waals surface area contributed by atoms with Crippen molar-refractivity contribution in [3.63, 3.8) is 0 Å². The van der Waals surface area contributed by atoms with Gasteiger partial charge in [-0.2, -0.15) is 0 Å². The third kappa shape index (κ3) is 3.05. The Morgan fingerprint density at radius 1 is 1.38 bits per heavy atom. The van der Waals surface area contributed by atoms with E-state index in [1.807, 2.05) is 29.2 Å². The largest absolute Gasteiger partial charge is 0.497 e. The number of amides is 1. The SMILES string of the molecule is CCC1(c2cccc(OC)c2)CCCCN(CCO)C1=O. The van der Waals surface area contributed by atoms with Crippen LogP contribution in [-0.4, -0.2) is 42.7 Å². The number of methoxy groups -OCH3 is 1. The third-order valence-electron chi connectivity index (χ3n) is 4.57. The Bertz CT molecular complexity index is 489. The number of likely N-dealkylation sites (tertiary alicyclic amines) is 1. The lowest BCUT2D eigenvalue weighted by Gasteiger charge is -2.35. The van der Waals surface area contributed by atoms with Gasteiger partial charge in [-0.25, -0.2) is 0 Å². The summed E-state index contributed by atoms with van der Waals surface area (Å²) in [4.78, 5) is 14.9. The smallest absolute Gasteiger partial charge is 0.233 e. The Morgan fingerprint density at radius 2 is 2.19 bits per heavy atom. The Hall–Kier alpha value is -1.55. The summed E-state index contributed by atoms with van der Waals surface area (Å²) in [7, 11) is 1.64. The van der Waals surface area contributed by atoms with Crippen molar-refractivity contribution in [2.45, 2.75) is 38.0 Å². The van der Waals surface area contributed by atoms with Crippen molar-refractivity contribution in [2.75, 3.05) is 26.8 Å². The fourth-order valence-electron chi connectivity index (χ4n) is 3.30. The van der Waals surface area contributed by atoms with Gasteiger partial charge in [0.1, 0.15) is 5.75 Å². The first kappa shape index (κ1) is 15.8. The number of rotatable bonds is 5. The second-order valence-electron chi connectivity index (χ2n) is 5.64. The summed E-state index contributed by atoms with van der Waals surface area (Å²) >= 11 is 0. The lowest BCUT2D eigenvalue weighted by atomic mass is 9.73. The van der Waals surface area contributed by atoms with Gasteiger partial charge in [0.25, 0.3) is 0 Å². The quantitative estimate of drug-likeness (QED) is 0.906. The van der Waals surface area contributed by atoms with Crippen molar-refractivity contribution < 1.29 is 14.6 Å². The first-order valence-corrected chi connectivity index (χ1v) is 7.72.